The van der Waals surface area contributed by atoms with Crippen LogP contribution in [0.25, 0.3) is 0 Å². The van der Waals surface area contributed by atoms with Crippen molar-refractivity contribution in [1.82, 2.24) is 0 Å². The first-order valence-corrected chi connectivity index (χ1v) is 6.77. The maximum atomic E-state index is 11.4. The summed E-state index contributed by atoms with van der Waals surface area (Å²) >= 11 is 0. The molecule has 0 aromatic heterocycles. The zero-order valence-electron chi connectivity index (χ0n) is 13.3. The molecule has 0 radical (unpaired) electrons. The Morgan fingerprint density at radius 1 is 0.438 bits per heavy atom. The second-order valence-corrected chi connectivity index (χ2v) is 4.83. The van der Waals surface area contributed by atoms with Crippen LogP contribution in [-0.2, 0) is 38.2 Å². The normalized spacial score (nSPS) is 15.1. The van der Waals surface area contributed by atoms with E-state index in [2.05, 4.69) is 9.47 Å². The van der Waals surface area contributed by atoms with Crippen molar-refractivity contribution in [2.75, 3.05) is 0 Å². The predicted octanol–water partition coefficient (Wildman–Crippen LogP) is -9.13. The number of aliphatic hydroxyl groups excluding tert-OH is 6. The number of carbonyl (C=O) groups excluding carboxylic acids is 4. The van der Waals surface area contributed by atoms with Crippen LogP contribution in [0, 0.1) is 0 Å². The van der Waals surface area contributed by atoms with Gasteiger partial charge in [0.1, 0.15) is 0 Å². The van der Waals surface area contributed by atoms with E-state index in [4.69, 9.17) is 30.6 Å². The molecule has 32 heavy (non-hydrogen) atoms. The number of ether oxygens (including phenoxy) is 2. The van der Waals surface area contributed by atoms with Crippen LogP contribution < -0.4 is 0 Å². The first-order chi connectivity index (χ1) is 12.7. The number of aliphatic hydroxyl groups is 6. The Balaban J connectivity index is -0.000000607. The minimum absolute atomic E-state index is 0. The number of carbonyl (C=O) groups is 6. The van der Waals surface area contributed by atoms with Gasteiger partial charge in [0, 0.05) is 0 Å². The molecular weight excluding hydrogens is 524 g/mol. The van der Waals surface area contributed by atoms with Crippen molar-refractivity contribution < 1.29 is 79.1 Å². The van der Waals surface area contributed by atoms with Crippen LogP contribution in [0.1, 0.15) is 0 Å². The Morgan fingerprint density at radius 2 is 0.594 bits per heavy atom. The Bertz CT molecular complexity index is 619. The molecule has 0 aliphatic heterocycles. The van der Waals surface area contributed by atoms with Gasteiger partial charge >= 0.3 is 198 Å². The fraction of sp³-hybridized carbons (Fsp3) is 0.500. The van der Waals surface area contributed by atoms with E-state index in [9.17, 15) is 39.0 Å². The van der Waals surface area contributed by atoms with E-state index in [0.717, 1.165) is 0 Å². The van der Waals surface area contributed by atoms with Gasteiger partial charge in [-0.25, -0.2) is 28.8 Å². The fourth-order valence-electron chi connectivity index (χ4n) is 1.23. The van der Waals surface area contributed by atoms with Gasteiger partial charge in [0.2, 0.25) is 0 Å². The maximum absolute atomic E-state index is 11.4. The van der Waals surface area contributed by atoms with Crippen molar-refractivity contribution in [3.63, 3.8) is 0 Å². The second-order valence-electron chi connectivity index (χ2n) is 4.83. The van der Waals surface area contributed by atoms with Crippen LogP contribution >= 0.6 is 0 Å². The van der Waals surface area contributed by atoms with Crippen molar-refractivity contribution in [2.24, 2.45) is 0 Å². The van der Waals surface area contributed by atoms with E-state index in [1.165, 1.54) is 0 Å². The molecule has 20 heteroatoms. The van der Waals surface area contributed by atoms with Crippen molar-refractivity contribution in [3.05, 3.63) is 0 Å². The van der Waals surface area contributed by atoms with Gasteiger partial charge in [0.05, 0.1) is 0 Å². The van der Waals surface area contributed by atoms with Gasteiger partial charge in [-0.3, -0.25) is 0 Å². The molecule has 16 nitrogen and oxygen atoms in total. The van der Waals surface area contributed by atoms with Gasteiger partial charge in [-0.15, -0.1) is 0 Å². The topological polar surface area (TPSA) is 283 Å². The molecule has 0 saturated carbocycles. The zero-order chi connectivity index (χ0) is 22.3. The van der Waals surface area contributed by atoms with E-state index in [-0.39, 0.29) is 162 Å². The molecule has 0 fully saturated rings. The SMILES string of the molecule is O=C(O)C(O)C(O)C(=O)OC(=O)C(O)C(O)C(=O)OC(=O)C(O)C(O)C(=O)O.[KH].[KH].[NaH].[NaH]. The summed E-state index contributed by atoms with van der Waals surface area (Å²) < 4.78 is 7.44. The number of esters is 4. The van der Waals surface area contributed by atoms with Gasteiger partial charge < -0.3 is 50.3 Å². The number of carboxylic acid groups (broad SMARTS) is 2. The molecule has 0 amide bonds. The number of carboxylic acids is 2. The van der Waals surface area contributed by atoms with E-state index in [1.54, 1.807) is 0 Å². The Labute approximate surface area is 307 Å². The standard InChI is InChI=1S/C12H14O16.2K.2Na.4H/c13-1(7(19)20)3(15)9(23)27-11(25)5(17)6(18)12(26)28-10(24)4(16)2(14)8(21)22;;;;;;;;/h1-6,13-18H,(H,19,20)(H,21,22);;;;;;;;. The monoisotopic (exact) mass is 542 g/mol. The van der Waals surface area contributed by atoms with Crippen molar-refractivity contribution in [3.8, 4) is 0 Å². The van der Waals surface area contributed by atoms with Crippen molar-refractivity contribution >= 4 is 198 Å². The molecule has 0 heterocycles. The molecule has 6 atom stereocenters. The van der Waals surface area contributed by atoms with Crippen LogP contribution in [0.15, 0.2) is 0 Å². The molecule has 0 aliphatic carbocycles. The third kappa shape index (κ3) is 14.7. The molecule has 0 aliphatic rings. The summed E-state index contributed by atoms with van der Waals surface area (Å²) in [4.78, 5) is 65.8. The summed E-state index contributed by atoms with van der Waals surface area (Å²) in [6.45, 7) is 0. The van der Waals surface area contributed by atoms with Gasteiger partial charge in [0.15, 0.2) is 36.6 Å². The predicted molar refractivity (Wildman–Crippen MR) is 102 cm³/mol. The van der Waals surface area contributed by atoms with Gasteiger partial charge in [0.25, 0.3) is 0 Å². The van der Waals surface area contributed by atoms with Crippen molar-refractivity contribution in [2.45, 2.75) is 36.6 Å². The first kappa shape index (κ1) is 44.3. The summed E-state index contributed by atoms with van der Waals surface area (Å²) in [6.07, 6.45) is -16.9. The number of rotatable bonds is 9. The Hall–Kier alpha value is 2.25. The molecule has 0 bridgehead atoms. The third-order valence-electron chi connectivity index (χ3n) is 2.77. The summed E-state index contributed by atoms with van der Waals surface area (Å²) in [5, 5.41) is 71.3. The molecule has 6 unspecified atom stereocenters. The summed E-state index contributed by atoms with van der Waals surface area (Å²) in [6, 6.07) is 0. The van der Waals surface area contributed by atoms with E-state index in [1.807, 2.05) is 0 Å². The van der Waals surface area contributed by atoms with Gasteiger partial charge in [-0.1, -0.05) is 0 Å². The van der Waals surface area contributed by atoms with Gasteiger partial charge in [-0.05, 0) is 0 Å². The van der Waals surface area contributed by atoms with E-state index < -0.39 is 72.4 Å². The molecule has 0 spiro atoms. The Morgan fingerprint density at radius 3 is 0.750 bits per heavy atom. The fourth-order valence-corrected chi connectivity index (χ4v) is 1.23. The number of hydrogen-bond donors (Lipinski definition) is 8. The van der Waals surface area contributed by atoms with Crippen LogP contribution in [0.5, 0.6) is 0 Å². The van der Waals surface area contributed by atoms with Crippen LogP contribution in [0.3, 0.4) is 0 Å². The molecule has 0 aromatic rings. The second kappa shape index (κ2) is 21.3. The number of hydrogen-bond acceptors (Lipinski definition) is 14. The van der Waals surface area contributed by atoms with Crippen LogP contribution in [-0.4, -0.2) is 275 Å². The molecule has 8 N–H and O–H groups in total. The van der Waals surface area contributed by atoms with Gasteiger partial charge in [-0.2, -0.15) is 0 Å². The zero-order valence-corrected chi connectivity index (χ0v) is 13.3. The molecule has 166 valence electrons. The van der Waals surface area contributed by atoms with E-state index >= 15 is 0 Å². The van der Waals surface area contributed by atoms with Crippen LogP contribution in [0.4, 0.5) is 0 Å². The molecule has 0 saturated heterocycles. The summed E-state index contributed by atoms with van der Waals surface area (Å²) in [5.74, 6) is -12.6. The Kier molecular flexibility index (Phi) is 29.5. The summed E-state index contributed by atoms with van der Waals surface area (Å²) in [7, 11) is 0. The average Bonchev–Trinajstić information content (AvgIpc) is 2.63. The van der Waals surface area contributed by atoms with E-state index in [0.29, 0.717) is 0 Å². The van der Waals surface area contributed by atoms with Crippen molar-refractivity contribution in [1.29, 1.82) is 0 Å². The molecule has 0 aromatic carbocycles. The molecular formula is C12H18K2Na2O16. The first-order valence-electron chi connectivity index (χ1n) is 6.77. The number of aliphatic carboxylic acids is 2. The third-order valence-corrected chi connectivity index (χ3v) is 2.77. The minimum atomic E-state index is -2.94. The quantitative estimate of drug-likeness (QED) is 0.0762. The average molecular weight is 542 g/mol. The molecule has 0 rings (SSSR count). The summed E-state index contributed by atoms with van der Waals surface area (Å²) in [5.41, 5.74) is 0. The van der Waals surface area contributed by atoms with Crippen LogP contribution in [0.2, 0.25) is 0 Å².